The van der Waals surface area contributed by atoms with Gasteiger partial charge in [-0.1, -0.05) is 54.4 Å². The number of hydrogen-bond acceptors (Lipinski definition) is 3. The highest BCUT2D eigenvalue weighted by Crippen LogP contribution is 2.42. The first-order valence-corrected chi connectivity index (χ1v) is 9.59. The third-order valence-corrected chi connectivity index (χ3v) is 5.34. The van der Waals surface area contributed by atoms with Crippen molar-refractivity contribution in [3.8, 4) is 5.75 Å². The fourth-order valence-electron chi connectivity index (χ4n) is 3.41. The van der Waals surface area contributed by atoms with Crippen LogP contribution in [0.3, 0.4) is 0 Å². The minimum atomic E-state index is -1.23. The van der Waals surface area contributed by atoms with Crippen LogP contribution in [0.1, 0.15) is 25.0 Å². The van der Waals surface area contributed by atoms with Crippen LogP contribution in [-0.4, -0.2) is 37.8 Å². The molecule has 0 bridgehead atoms. The van der Waals surface area contributed by atoms with Gasteiger partial charge in [-0.2, -0.15) is 0 Å². The number of ether oxygens (including phenoxy) is 1. The molecular formula is C22H27Cl2NO2. The topological polar surface area (TPSA) is 32.7 Å². The molecule has 2 atom stereocenters. The highest BCUT2D eigenvalue weighted by Gasteiger charge is 2.39. The molecule has 5 heteroatoms. The number of aliphatic hydroxyl groups is 1. The van der Waals surface area contributed by atoms with Gasteiger partial charge in [0.25, 0.3) is 0 Å². The van der Waals surface area contributed by atoms with Gasteiger partial charge in [0.05, 0.1) is 7.11 Å². The van der Waals surface area contributed by atoms with E-state index < -0.39 is 5.60 Å². The molecule has 3 nitrogen and oxygen atoms in total. The molecule has 2 unspecified atom stereocenters. The van der Waals surface area contributed by atoms with Crippen LogP contribution in [0.25, 0.3) is 6.08 Å². The quantitative estimate of drug-likeness (QED) is 0.658. The van der Waals surface area contributed by atoms with Crippen LogP contribution in [0.15, 0.2) is 48.0 Å². The van der Waals surface area contributed by atoms with Gasteiger partial charge in [0.1, 0.15) is 11.4 Å². The lowest BCUT2D eigenvalue weighted by Crippen LogP contribution is -2.40. The highest BCUT2D eigenvalue weighted by atomic mass is 35.5. The Labute approximate surface area is 172 Å². The highest BCUT2D eigenvalue weighted by molar-refractivity contribution is 6.35. The van der Waals surface area contributed by atoms with Crippen molar-refractivity contribution < 1.29 is 9.84 Å². The predicted octanol–water partition coefficient (Wildman–Crippen LogP) is 5.49. The Kier molecular flexibility index (Phi) is 7.35. The summed E-state index contributed by atoms with van der Waals surface area (Å²) in [7, 11) is 5.62. The van der Waals surface area contributed by atoms with E-state index in [4.69, 9.17) is 27.9 Å². The summed E-state index contributed by atoms with van der Waals surface area (Å²) in [6.07, 6.45) is 1.98. The maximum absolute atomic E-state index is 11.9. The molecule has 0 saturated carbocycles. The van der Waals surface area contributed by atoms with Gasteiger partial charge in [-0.3, -0.25) is 0 Å². The van der Waals surface area contributed by atoms with Gasteiger partial charge in [-0.05, 0) is 56.4 Å². The number of rotatable bonds is 7. The number of halogens is 2. The lowest BCUT2D eigenvalue weighted by atomic mass is 9.76. The third kappa shape index (κ3) is 5.05. The van der Waals surface area contributed by atoms with Crippen LogP contribution in [0, 0.1) is 5.92 Å². The molecule has 27 heavy (non-hydrogen) atoms. The maximum Gasteiger partial charge on any atom is 0.118 e. The van der Waals surface area contributed by atoms with Gasteiger partial charge in [0.15, 0.2) is 0 Å². The Morgan fingerprint density at radius 2 is 1.81 bits per heavy atom. The second-order valence-corrected chi connectivity index (χ2v) is 8.00. The van der Waals surface area contributed by atoms with Gasteiger partial charge < -0.3 is 14.7 Å². The molecule has 0 aliphatic heterocycles. The molecule has 0 heterocycles. The Morgan fingerprint density at radius 1 is 1.19 bits per heavy atom. The monoisotopic (exact) mass is 407 g/mol. The molecule has 0 radical (unpaired) electrons. The average molecular weight is 408 g/mol. The zero-order valence-electron chi connectivity index (χ0n) is 16.5. The summed E-state index contributed by atoms with van der Waals surface area (Å²) in [4.78, 5) is 2.06. The molecule has 0 aromatic heterocycles. The Balaban J connectivity index is 2.54. The fraction of sp³-hybridized carbons (Fsp3) is 0.364. The molecular weight excluding hydrogens is 381 g/mol. The number of methoxy groups -OCH3 is 1. The summed E-state index contributed by atoms with van der Waals surface area (Å²) in [5, 5.41) is 12.9. The van der Waals surface area contributed by atoms with Crippen LogP contribution in [0.5, 0.6) is 5.75 Å². The minimum Gasteiger partial charge on any atom is -0.497 e. The van der Waals surface area contributed by atoms with Crippen molar-refractivity contribution in [2.75, 3.05) is 27.7 Å². The van der Waals surface area contributed by atoms with Gasteiger partial charge in [0, 0.05) is 28.1 Å². The van der Waals surface area contributed by atoms with E-state index in [9.17, 15) is 5.11 Å². The molecule has 0 amide bonds. The van der Waals surface area contributed by atoms with Crippen molar-refractivity contribution in [3.63, 3.8) is 0 Å². The van der Waals surface area contributed by atoms with Crippen LogP contribution in [-0.2, 0) is 5.60 Å². The van der Waals surface area contributed by atoms with Crippen molar-refractivity contribution in [2.24, 2.45) is 5.92 Å². The first kappa shape index (κ1) is 21.8. The summed E-state index contributed by atoms with van der Waals surface area (Å²) in [6.45, 7) is 4.65. The van der Waals surface area contributed by atoms with Crippen molar-refractivity contribution in [1.29, 1.82) is 0 Å². The Bertz CT molecular complexity index is 802. The standard InChI is InChI=1S/C22H27Cl2NO2/c1-15(12-17-6-9-19(27-5)10-7-17)22(26,16(2)14-25(3)4)20-11-8-18(23)13-21(20)24/h6-13,16,26H,14H2,1-5H3. The van der Waals surface area contributed by atoms with E-state index in [-0.39, 0.29) is 5.92 Å². The minimum absolute atomic E-state index is 0.0966. The summed E-state index contributed by atoms with van der Waals surface area (Å²) >= 11 is 12.5. The molecule has 0 saturated heterocycles. The Hall–Kier alpha value is -1.52. The van der Waals surface area contributed by atoms with E-state index in [0.717, 1.165) is 16.9 Å². The van der Waals surface area contributed by atoms with Crippen molar-refractivity contribution in [1.82, 2.24) is 4.90 Å². The average Bonchev–Trinajstić information content (AvgIpc) is 2.61. The second-order valence-electron chi connectivity index (χ2n) is 7.15. The molecule has 1 N–H and O–H groups in total. The molecule has 2 aromatic carbocycles. The largest absolute Gasteiger partial charge is 0.497 e. The molecule has 0 aliphatic carbocycles. The smallest absolute Gasteiger partial charge is 0.118 e. The molecule has 0 fully saturated rings. The fourth-order valence-corrected chi connectivity index (χ4v) is 3.96. The second kappa shape index (κ2) is 9.11. The zero-order valence-corrected chi connectivity index (χ0v) is 18.0. The van der Waals surface area contributed by atoms with E-state index in [2.05, 4.69) is 4.90 Å². The van der Waals surface area contributed by atoms with E-state index >= 15 is 0 Å². The zero-order chi connectivity index (χ0) is 20.2. The van der Waals surface area contributed by atoms with Crippen LogP contribution in [0.2, 0.25) is 10.0 Å². The normalized spacial score (nSPS) is 15.5. The summed E-state index contributed by atoms with van der Waals surface area (Å²) in [5.41, 5.74) is 1.22. The number of hydrogen-bond donors (Lipinski definition) is 1. The van der Waals surface area contributed by atoms with Gasteiger partial charge in [-0.15, -0.1) is 0 Å². The molecule has 2 aromatic rings. The van der Waals surface area contributed by atoms with Crippen molar-refractivity contribution >= 4 is 29.3 Å². The predicted molar refractivity (Wildman–Crippen MR) is 115 cm³/mol. The SMILES string of the molecule is COc1ccc(C=C(C)C(O)(c2ccc(Cl)cc2Cl)C(C)CN(C)C)cc1. The number of benzene rings is 2. The van der Waals surface area contributed by atoms with Gasteiger partial charge in [-0.25, -0.2) is 0 Å². The number of nitrogens with zero attached hydrogens (tertiary/aromatic N) is 1. The summed E-state index contributed by atoms with van der Waals surface area (Å²) in [6, 6.07) is 13.0. The first-order chi connectivity index (χ1) is 12.7. The van der Waals surface area contributed by atoms with Crippen LogP contribution >= 0.6 is 23.2 Å². The summed E-state index contributed by atoms with van der Waals surface area (Å²) < 4.78 is 5.21. The Morgan fingerprint density at radius 3 is 2.33 bits per heavy atom. The first-order valence-electron chi connectivity index (χ1n) is 8.84. The third-order valence-electron chi connectivity index (χ3n) is 4.79. The summed E-state index contributed by atoms with van der Waals surface area (Å²) in [5.74, 6) is 0.697. The maximum atomic E-state index is 11.9. The van der Waals surface area contributed by atoms with Crippen LogP contribution in [0.4, 0.5) is 0 Å². The van der Waals surface area contributed by atoms with E-state index in [1.165, 1.54) is 0 Å². The van der Waals surface area contributed by atoms with Gasteiger partial charge >= 0.3 is 0 Å². The molecule has 2 rings (SSSR count). The van der Waals surface area contributed by atoms with Crippen molar-refractivity contribution in [2.45, 2.75) is 19.4 Å². The van der Waals surface area contributed by atoms with Crippen LogP contribution < -0.4 is 4.74 Å². The van der Waals surface area contributed by atoms with Gasteiger partial charge in [0.2, 0.25) is 0 Å². The lowest BCUT2D eigenvalue weighted by Gasteiger charge is -2.38. The van der Waals surface area contributed by atoms with Crippen molar-refractivity contribution in [3.05, 3.63) is 69.2 Å². The molecule has 0 spiro atoms. The van der Waals surface area contributed by atoms with E-state index in [1.54, 1.807) is 19.2 Å². The molecule has 146 valence electrons. The van der Waals surface area contributed by atoms with E-state index in [1.807, 2.05) is 64.4 Å². The molecule has 0 aliphatic rings. The van der Waals surface area contributed by atoms with E-state index in [0.29, 0.717) is 22.2 Å². The lowest BCUT2D eigenvalue weighted by molar-refractivity contribution is 0.0106.